The van der Waals surface area contributed by atoms with Crippen LogP contribution in [0.3, 0.4) is 0 Å². The molecule has 0 aliphatic rings. The molecule has 0 nitrogen and oxygen atoms in total. The molecule has 1 atom stereocenters. The van der Waals surface area contributed by atoms with Gasteiger partial charge in [0, 0.05) is 16.3 Å². The fourth-order valence-electron chi connectivity index (χ4n) is 1.79. The summed E-state index contributed by atoms with van der Waals surface area (Å²) in [6.45, 7) is 0. The quantitative estimate of drug-likeness (QED) is 0.709. The lowest BCUT2D eigenvalue weighted by molar-refractivity contribution is 0.945. The van der Waals surface area contributed by atoms with Crippen molar-refractivity contribution in [2.75, 3.05) is 5.33 Å². The van der Waals surface area contributed by atoms with Gasteiger partial charge in [-0.05, 0) is 17.2 Å². The van der Waals surface area contributed by atoms with Gasteiger partial charge in [0.25, 0.3) is 0 Å². The molecule has 0 N–H and O–H groups in total. The molecule has 2 aromatic rings. The van der Waals surface area contributed by atoms with Crippen LogP contribution in [0.25, 0.3) is 0 Å². The second-order valence-corrected chi connectivity index (χ2v) is 4.69. The molecule has 0 amide bonds. The van der Waals surface area contributed by atoms with Crippen molar-refractivity contribution in [2.45, 2.75) is 5.92 Å². The normalized spacial score (nSPS) is 12.4. The van der Waals surface area contributed by atoms with Crippen molar-refractivity contribution < 1.29 is 0 Å². The molecule has 0 saturated carbocycles. The van der Waals surface area contributed by atoms with Crippen LogP contribution in [0, 0.1) is 0 Å². The molecule has 2 aromatic carbocycles. The number of hydrogen-bond acceptors (Lipinski definition) is 0. The first-order chi connectivity index (χ1) is 7.83. The highest BCUT2D eigenvalue weighted by Crippen LogP contribution is 2.31. The summed E-state index contributed by atoms with van der Waals surface area (Å²) in [6.07, 6.45) is 0. The maximum atomic E-state index is 6.23. The van der Waals surface area contributed by atoms with E-state index in [4.69, 9.17) is 11.6 Å². The van der Waals surface area contributed by atoms with Crippen molar-refractivity contribution >= 4 is 27.5 Å². The maximum Gasteiger partial charge on any atom is 0.0444 e. The number of rotatable bonds is 3. The molecule has 0 radical (unpaired) electrons. The monoisotopic (exact) mass is 294 g/mol. The van der Waals surface area contributed by atoms with Gasteiger partial charge in [0.1, 0.15) is 0 Å². The van der Waals surface area contributed by atoms with Crippen molar-refractivity contribution in [1.82, 2.24) is 0 Å². The fourth-order valence-corrected chi connectivity index (χ4v) is 2.78. The molecule has 2 rings (SSSR count). The smallest absolute Gasteiger partial charge is 0.0444 e. The summed E-state index contributed by atoms with van der Waals surface area (Å²) in [7, 11) is 0. The van der Waals surface area contributed by atoms with Crippen LogP contribution in [-0.2, 0) is 0 Å². The number of hydrogen-bond donors (Lipinski definition) is 0. The molecular formula is C14H12BrCl. The third-order valence-electron chi connectivity index (χ3n) is 2.64. The predicted molar refractivity (Wildman–Crippen MR) is 73.5 cm³/mol. The molecule has 0 aliphatic carbocycles. The van der Waals surface area contributed by atoms with Gasteiger partial charge >= 0.3 is 0 Å². The minimum absolute atomic E-state index is 0.315. The summed E-state index contributed by atoms with van der Waals surface area (Å²) in [5, 5.41) is 1.71. The zero-order chi connectivity index (χ0) is 11.4. The van der Waals surface area contributed by atoms with Crippen LogP contribution in [0.1, 0.15) is 17.0 Å². The Morgan fingerprint density at radius 1 is 0.938 bits per heavy atom. The van der Waals surface area contributed by atoms with Crippen molar-refractivity contribution in [1.29, 1.82) is 0 Å². The molecule has 0 saturated heterocycles. The van der Waals surface area contributed by atoms with Gasteiger partial charge in [-0.25, -0.2) is 0 Å². The molecule has 0 aromatic heterocycles. The maximum absolute atomic E-state index is 6.23. The molecule has 82 valence electrons. The van der Waals surface area contributed by atoms with E-state index in [0.29, 0.717) is 5.92 Å². The van der Waals surface area contributed by atoms with Gasteiger partial charge in [-0.15, -0.1) is 0 Å². The molecule has 1 unspecified atom stereocenters. The summed E-state index contributed by atoms with van der Waals surface area (Å²) in [5.74, 6) is 0.315. The van der Waals surface area contributed by atoms with Crippen molar-refractivity contribution in [3.05, 3.63) is 70.7 Å². The highest BCUT2D eigenvalue weighted by atomic mass is 79.9. The van der Waals surface area contributed by atoms with Crippen molar-refractivity contribution in [3.8, 4) is 0 Å². The second kappa shape index (κ2) is 5.51. The molecule has 0 bridgehead atoms. The van der Waals surface area contributed by atoms with Gasteiger partial charge in [0.15, 0.2) is 0 Å². The Hall–Kier alpha value is -0.790. The number of benzene rings is 2. The van der Waals surface area contributed by atoms with Gasteiger partial charge in [-0.3, -0.25) is 0 Å². The zero-order valence-corrected chi connectivity index (χ0v) is 11.1. The first-order valence-corrected chi connectivity index (χ1v) is 6.68. The van der Waals surface area contributed by atoms with E-state index < -0.39 is 0 Å². The topological polar surface area (TPSA) is 0 Å². The van der Waals surface area contributed by atoms with Crippen LogP contribution < -0.4 is 0 Å². The average molecular weight is 296 g/mol. The Kier molecular flexibility index (Phi) is 4.03. The van der Waals surface area contributed by atoms with Gasteiger partial charge < -0.3 is 0 Å². The summed E-state index contributed by atoms with van der Waals surface area (Å²) in [6, 6.07) is 18.4. The van der Waals surface area contributed by atoms with E-state index in [-0.39, 0.29) is 0 Å². The SMILES string of the molecule is Clc1ccccc1C(CBr)c1ccccc1. The van der Waals surface area contributed by atoms with Gasteiger partial charge in [0.2, 0.25) is 0 Å². The number of alkyl halides is 1. The van der Waals surface area contributed by atoms with Crippen LogP contribution in [0.5, 0.6) is 0 Å². The van der Waals surface area contributed by atoms with E-state index in [1.165, 1.54) is 11.1 Å². The highest BCUT2D eigenvalue weighted by Gasteiger charge is 2.14. The largest absolute Gasteiger partial charge is 0.0918 e. The Morgan fingerprint density at radius 3 is 2.19 bits per heavy atom. The minimum Gasteiger partial charge on any atom is -0.0918 e. The third-order valence-corrected chi connectivity index (χ3v) is 3.63. The molecule has 2 heteroatoms. The van der Waals surface area contributed by atoms with Crippen LogP contribution >= 0.6 is 27.5 Å². The lowest BCUT2D eigenvalue weighted by atomic mass is 9.93. The summed E-state index contributed by atoms with van der Waals surface area (Å²) >= 11 is 9.79. The molecular weight excluding hydrogens is 284 g/mol. The minimum atomic E-state index is 0.315. The fraction of sp³-hybridized carbons (Fsp3) is 0.143. The van der Waals surface area contributed by atoms with Gasteiger partial charge in [0.05, 0.1) is 0 Å². The molecule has 0 fully saturated rings. The van der Waals surface area contributed by atoms with Crippen molar-refractivity contribution in [2.24, 2.45) is 0 Å². The van der Waals surface area contributed by atoms with Crippen LogP contribution in [0.4, 0.5) is 0 Å². The lowest BCUT2D eigenvalue weighted by Gasteiger charge is -2.16. The van der Waals surface area contributed by atoms with E-state index in [1.54, 1.807) is 0 Å². The van der Waals surface area contributed by atoms with E-state index in [2.05, 4.69) is 46.3 Å². The first kappa shape index (κ1) is 11.7. The van der Waals surface area contributed by atoms with Crippen LogP contribution in [0.15, 0.2) is 54.6 Å². The Morgan fingerprint density at radius 2 is 1.56 bits per heavy atom. The van der Waals surface area contributed by atoms with E-state index in [9.17, 15) is 0 Å². The van der Waals surface area contributed by atoms with Crippen LogP contribution in [-0.4, -0.2) is 5.33 Å². The van der Waals surface area contributed by atoms with E-state index in [1.807, 2.05) is 24.3 Å². The molecule has 0 spiro atoms. The standard InChI is InChI=1S/C14H12BrCl/c15-10-13(11-6-2-1-3-7-11)12-8-4-5-9-14(12)16/h1-9,13H,10H2. The van der Waals surface area contributed by atoms with Crippen LogP contribution in [0.2, 0.25) is 5.02 Å². The van der Waals surface area contributed by atoms with Gasteiger partial charge in [-0.1, -0.05) is 76.1 Å². The Labute approximate surface area is 109 Å². The second-order valence-electron chi connectivity index (χ2n) is 3.64. The predicted octanol–water partition coefficient (Wildman–Crippen LogP) is 4.87. The zero-order valence-electron chi connectivity index (χ0n) is 8.74. The number of halogens is 2. The average Bonchev–Trinajstić information content (AvgIpc) is 2.34. The Balaban J connectivity index is 2.41. The summed E-state index contributed by atoms with van der Waals surface area (Å²) < 4.78 is 0. The molecule has 0 aliphatic heterocycles. The first-order valence-electron chi connectivity index (χ1n) is 5.18. The van der Waals surface area contributed by atoms with E-state index in [0.717, 1.165) is 10.4 Å². The summed E-state index contributed by atoms with van der Waals surface area (Å²) in [5.41, 5.74) is 2.46. The van der Waals surface area contributed by atoms with Crippen molar-refractivity contribution in [3.63, 3.8) is 0 Å². The third kappa shape index (κ3) is 2.47. The lowest BCUT2D eigenvalue weighted by Crippen LogP contribution is -2.02. The highest BCUT2D eigenvalue weighted by molar-refractivity contribution is 9.09. The van der Waals surface area contributed by atoms with Gasteiger partial charge in [-0.2, -0.15) is 0 Å². The van der Waals surface area contributed by atoms with E-state index >= 15 is 0 Å². The molecule has 0 heterocycles. The summed E-state index contributed by atoms with van der Waals surface area (Å²) in [4.78, 5) is 0. The Bertz CT molecular complexity index is 453. The molecule has 16 heavy (non-hydrogen) atoms.